The summed E-state index contributed by atoms with van der Waals surface area (Å²) in [6.45, 7) is 7.11. The van der Waals surface area contributed by atoms with Crippen molar-refractivity contribution in [3.8, 4) is 11.4 Å². The van der Waals surface area contributed by atoms with Crippen LogP contribution < -0.4 is 5.32 Å². The highest BCUT2D eigenvalue weighted by atomic mass is 32.1. The van der Waals surface area contributed by atoms with Gasteiger partial charge in [-0.05, 0) is 32.0 Å². The first-order valence-electron chi connectivity index (χ1n) is 9.65. The molecule has 3 rings (SSSR count). The lowest BCUT2D eigenvalue weighted by molar-refractivity contribution is -0.134. The molecule has 150 valence electrons. The maximum absolute atomic E-state index is 12.9. The van der Waals surface area contributed by atoms with Crippen LogP contribution in [0.25, 0.3) is 11.4 Å². The first-order valence-corrected chi connectivity index (χ1v) is 10.1. The molecule has 0 spiro atoms. The molecule has 8 heteroatoms. The molecule has 28 heavy (non-hydrogen) atoms. The Balaban J connectivity index is 1.71. The maximum Gasteiger partial charge on any atom is 0.242 e. The smallest absolute Gasteiger partial charge is 0.242 e. The Morgan fingerprint density at radius 1 is 1.32 bits per heavy atom. The molecule has 0 bridgehead atoms. The summed E-state index contributed by atoms with van der Waals surface area (Å²) in [6, 6.07) is 7.96. The number of benzene rings is 1. The van der Waals surface area contributed by atoms with E-state index in [9.17, 15) is 9.59 Å². The number of carbonyl (C=O) groups excluding carboxylic acids is 2. The molecular formula is C20H27N5O2S. The van der Waals surface area contributed by atoms with Gasteiger partial charge < -0.3 is 10.2 Å². The van der Waals surface area contributed by atoms with Crippen molar-refractivity contribution in [2.24, 2.45) is 5.92 Å². The summed E-state index contributed by atoms with van der Waals surface area (Å²) in [5.41, 5.74) is 2.06. The number of aryl methyl sites for hydroxylation is 1. The second-order valence-electron chi connectivity index (χ2n) is 7.65. The lowest BCUT2D eigenvalue weighted by Gasteiger charge is -2.33. The molecule has 1 unspecified atom stereocenters. The number of hydrogen-bond acceptors (Lipinski definition) is 4. The van der Waals surface area contributed by atoms with Crippen LogP contribution in [0.3, 0.4) is 0 Å². The van der Waals surface area contributed by atoms with Gasteiger partial charge in [-0.3, -0.25) is 19.3 Å². The van der Waals surface area contributed by atoms with Crippen LogP contribution in [0.5, 0.6) is 0 Å². The summed E-state index contributed by atoms with van der Waals surface area (Å²) in [7, 11) is 0. The van der Waals surface area contributed by atoms with Gasteiger partial charge in [-0.15, -0.1) is 0 Å². The second-order valence-corrected chi connectivity index (χ2v) is 8.03. The molecule has 1 aliphatic heterocycles. The fraction of sp³-hybridized carbons (Fsp3) is 0.500. The Morgan fingerprint density at radius 3 is 2.71 bits per heavy atom. The molecule has 2 aromatic rings. The largest absolute Gasteiger partial charge is 0.351 e. The Labute approximate surface area is 170 Å². The molecule has 0 aliphatic carbocycles. The van der Waals surface area contributed by atoms with Crippen molar-refractivity contribution in [3.05, 3.63) is 34.6 Å². The van der Waals surface area contributed by atoms with E-state index in [2.05, 4.69) is 15.5 Å². The molecule has 2 N–H and O–H groups in total. The van der Waals surface area contributed by atoms with Crippen molar-refractivity contribution in [2.45, 2.75) is 46.2 Å². The fourth-order valence-corrected chi connectivity index (χ4v) is 3.51. The van der Waals surface area contributed by atoms with E-state index in [-0.39, 0.29) is 30.3 Å². The fourth-order valence-electron chi connectivity index (χ4n) is 3.31. The van der Waals surface area contributed by atoms with E-state index in [0.717, 1.165) is 24.0 Å². The molecule has 2 heterocycles. The molecule has 2 amide bonds. The van der Waals surface area contributed by atoms with E-state index < -0.39 is 0 Å². The standard InChI is InChI=1S/C20H27N5O2S/c1-13(2)19(27)21-16-5-4-10-24(11-16)17(26)12-25-18(22-23-20(25)28)15-8-6-14(3)7-9-15/h6-9,13,16H,4-5,10-12H2,1-3H3,(H,21,27)(H,23,28). The van der Waals surface area contributed by atoms with Crippen molar-refractivity contribution in [1.82, 2.24) is 25.0 Å². The van der Waals surface area contributed by atoms with Crippen LogP contribution in [0.4, 0.5) is 0 Å². The van der Waals surface area contributed by atoms with E-state index in [1.54, 1.807) is 4.57 Å². The average Bonchev–Trinajstić information content (AvgIpc) is 3.03. The van der Waals surface area contributed by atoms with Crippen molar-refractivity contribution in [2.75, 3.05) is 13.1 Å². The molecule has 1 aliphatic rings. The second kappa shape index (κ2) is 8.68. The van der Waals surface area contributed by atoms with Gasteiger partial charge in [0.25, 0.3) is 0 Å². The van der Waals surface area contributed by atoms with Crippen molar-refractivity contribution in [3.63, 3.8) is 0 Å². The average molecular weight is 402 g/mol. The van der Waals surface area contributed by atoms with Crippen molar-refractivity contribution in [1.29, 1.82) is 0 Å². The van der Waals surface area contributed by atoms with Crippen LogP contribution >= 0.6 is 12.2 Å². The van der Waals surface area contributed by atoms with Gasteiger partial charge in [-0.2, -0.15) is 5.10 Å². The number of carbonyl (C=O) groups is 2. The zero-order valence-corrected chi connectivity index (χ0v) is 17.4. The zero-order valence-electron chi connectivity index (χ0n) is 16.6. The first-order chi connectivity index (χ1) is 13.3. The summed E-state index contributed by atoms with van der Waals surface area (Å²) >= 11 is 5.34. The van der Waals surface area contributed by atoms with Crippen molar-refractivity contribution >= 4 is 24.0 Å². The maximum atomic E-state index is 12.9. The van der Waals surface area contributed by atoms with Gasteiger partial charge in [-0.1, -0.05) is 43.7 Å². The van der Waals surface area contributed by atoms with Gasteiger partial charge in [0.15, 0.2) is 10.6 Å². The van der Waals surface area contributed by atoms with Crippen LogP contribution in [-0.4, -0.2) is 50.6 Å². The number of nitrogens with one attached hydrogen (secondary N) is 2. The molecule has 0 radical (unpaired) electrons. The Morgan fingerprint density at radius 2 is 2.04 bits per heavy atom. The zero-order chi connectivity index (χ0) is 20.3. The van der Waals surface area contributed by atoms with E-state index in [0.29, 0.717) is 23.7 Å². The molecular weight excluding hydrogens is 374 g/mol. The first kappa shape index (κ1) is 20.3. The Hall–Kier alpha value is -2.48. The summed E-state index contributed by atoms with van der Waals surface area (Å²) in [4.78, 5) is 26.7. The summed E-state index contributed by atoms with van der Waals surface area (Å²) in [6.07, 6.45) is 1.76. The van der Waals surface area contributed by atoms with Crippen LogP contribution in [0.2, 0.25) is 0 Å². The number of H-pyrrole nitrogens is 1. The molecule has 0 saturated carbocycles. The summed E-state index contributed by atoms with van der Waals surface area (Å²) in [5, 5.41) is 10.1. The van der Waals surface area contributed by atoms with Gasteiger partial charge in [0.05, 0.1) is 0 Å². The predicted octanol–water partition coefficient (Wildman–Crippen LogP) is 2.68. The summed E-state index contributed by atoms with van der Waals surface area (Å²) in [5.74, 6) is 0.597. The molecule has 1 atom stereocenters. The van der Waals surface area contributed by atoms with Crippen LogP contribution in [-0.2, 0) is 16.1 Å². The lowest BCUT2D eigenvalue weighted by Crippen LogP contribution is -2.51. The number of rotatable bonds is 5. The monoisotopic (exact) mass is 401 g/mol. The summed E-state index contributed by atoms with van der Waals surface area (Å²) < 4.78 is 2.16. The van der Waals surface area contributed by atoms with Gasteiger partial charge in [0.2, 0.25) is 11.8 Å². The van der Waals surface area contributed by atoms with E-state index in [1.165, 1.54) is 0 Å². The third-order valence-electron chi connectivity index (χ3n) is 5.01. The number of aromatic nitrogens is 3. The highest BCUT2D eigenvalue weighted by Gasteiger charge is 2.26. The Kier molecular flexibility index (Phi) is 6.28. The van der Waals surface area contributed by atoms with Gasteiger partial charge in [0, 0.05) is 30.6 Å². The number of piperidine rings is 1. The van der Waals surface area contributed by atoms with Crippen LogP contribution in [0.15, 0.2) is 24.3 Å². The van der Waals surface area contributed by atoms with Gasteiger partial charge in [0.1, 0.15) is 6.54 Å². The van der Waals surface area contributed by atoms with Crippen LogP contribution in [0.1, 0.15) is 32.3 Å². The Bertz CT molecular complexity index is 900. The number of likely N-dealkylation sites (tertiary alicyclic amines) is 1. The predicted molar refractivity (Wildman–Crippen MR) is 110 cm³/mol. The lowest BCUT2D eigenvalue weighted by atomic mass is 10.0. The van der Waals surface area contributed by atoms with Gasteiger partial charge >= 0.3 is 0 Å². The molecule has 7 nitrogen and oxygen atoms in total. The third-order valence-corrected chi connectivity index (χ3v) is 5.32. The SMILES string of the molecule is Cc1ccc(-c2n[nH]c(=S)n2CC(=O)N2CCCC(NC(=O)C(C)C)C2)cc1. The van der Waals surface area contributed by atoms with E-state index in [1.807, 2.05) is 49.9 Å². The number of hydrogen-bond donors (Lipinski definition) is 2. The highest BCUT2D eigenvalue weighted by molar-refractivity contribution is 7.71. The normalized spacial score (nSPS) is 17.0. The van der Waals surface area contributed by atoms with E-state index >= 15 is 0 Å². The van der Waals surface area contributed by atoms with Crippen molar-refractivity contribution < 1.29 is 9.59 Å². The molecule has 1 fully saturated rings. The van der Waals surface area contributed by atoms with Crippen LogP contribution in [0, 0.1) is 17.6 Å². The minimum Gasteiger partial charge on any atom is -0.351 e. The third kappa shape index (κ3) is 4.67. The number of aromatic amines is 1. The molecule has 1 saturated heterocycles. The number of nitrogens with zero attached hydrogens (tertiary/aromatic N) is 3. The minimum atomic E-state index is -0.0626. The number of amides is 2. The van der Waals surface area contributed by atoms with Gasteiger partial charge in [-0.25, -0.2) is 0 Å². The quantitative estimate of drug-likeness (QED) is 0.755. The van der Waals surface area contributed by atoms with E-state index in [4.69, 9.17) is 12.2 Å². The highest BCUT2D eigenvalue weighted by Crippen LogP contribution is 2.19. The molecule has 1 aromatic heterocycles. The minimum absolute atomic E-state index is 0.00138. The topological polar surface area (TPSA) is 83.0 Å². The molecule has 1 aromatic carbocycles.